The molecule has 9 nitrogen and oxygen atoms in total. The molecule has 190 valence electrons. The zero-order valence-corrected chi connectivity index (χ0v) is 20.7. The van der Waals surface area contributed by atoms with E-state index in [1.807, 2.05) is 6.92 Å². The first-order valence-electron chi connectivity index (χ1n) is 12.1. The third-order valence-corrected chi connectivity index (χ3v) is 6.20. The van der Waals surface area contributed by atoms with Crippen LogP contribution < -0.4 is 20.1 Å². The Kier molecular flexibility index (Phi) is 9.57. The van der Waals surface area contributed by atoms with Gasteiger partial charge in [0.05, 0.1) is 27.0 Å². The normalized spacial score (nSPS) is 14.3. The third kappa shape index (κ3) is 6.77. The Hall–Kier alpha value is -3.49. The van der Waals surface area contributed by atoms with Crippen LogP contribution in [0.1, 0.15) is 67.6 Å². The molecule has 0 aliphatic heterocycles. The monoisotopic (exact) mass is 485 g/mol. The van der Waals surface area contributed by atoms with Gasteiger partial charge in [-0.15, -0.1) is 0 Å². The van der Waals surface area contributed by atoms with Crippen molar-refractivity contribution in [3.8, 4) is 11.5 Å². The number of ether oxygens (including phenoxy) is 2. The van der Waals surface area contributed by atoms with Crippen molar-refractivity contribution in [2.75, 3.05) is 27.3 Å². The van der Waals surface area contributed by atoms with E-state index >= 15 is 0 Å². The molecule has 3 amide bonds. The number of rotatable bonds is 12. The molecule has 1 unspecified atom stereocenters. The molecule has 1 aromatic heterocycles. The average molecular weight is 486 g/mol. The summed E-state index contributed by atoms with van der Waals surface area (Å²) in [6.07, 6.45) is 6.93. The van der Waals surface area contributed by atoms with Crippen molar-refractivity contribution in [2.45, 2.75) is 57.5 Å². The van der Waals surface area contributed by atoms with Gasteiger partial charge in [0.1, 0.15) is 6.04 Å². The molecule has 35 heavy (non-hydrogen) atoms. The maximum absolute atomic E-state index is 13.6. The summed E-state index contributed by atoms with van der Waals surface area (Å²) in [6.45, 7) is 2.12. The van der Waals surface area contributed by atoms with Crippen LogP contribution in [-0.2, 0) is 9.59 Å². The molecule has 1 fully saturated rings. The zero-order chi connectivity index (χ0) is 25.2. The van der Waals surface area contributed by atoms with E-state index in [-0.39, 0.29) is 30.2 Å². The van der Waals surface area contributed by atoms with Crippen LogP contribution in [0.3, 0.4) is 0 Å². The van der Waals surface area contributed by atoms with Gasteiger partial charge in [-0.3, -0.25) is 14.4 Å². The number of methoxy groups -OCH3 is 2. The van der Waals surface area contributed by atoms with Crippen molar-refractivity contribution in [1.29, 1.82) is 0 Å². The smallest absolute Gasteiger partial charge is 0.287 e. The van der Waals surface area contributed by atoms with Gasteiger partial charge in [0.15, 0.2) is 17.3 Å². The summed E-state index contributed by atoms with van der Waals surface area (Å²) in [5.74, 6) is 0.0249. The van der Waals surface area contributed by atoms with Gasteiger partial charge < -0.3 is 29.4 Å². The Morgan fingerprint density at radius 3 is 2.49 bits per heavy atom. The van der Waals surface area contributed by atoms with E-state index in [4.69, 9.17) is 13.9 Å². The van der Waals surface area contributed by atoms with Crippen LogP contribution in [-0.4, -0.2) is 56.0 Å². The highest BCUT2D eigenvalue weighted by atomic mass is 16.5. The van der Waals surface area contributed by atoms with Crippen molar-refractivity contribution in [1.82, 2.24) is 15.5 Å². The predicted octanol–water partition coefficient (Wildman–Crippen LogP) is 3.46. The number of unbranched alkanes of at least 4 members (excludes halogenated alkanes) is 1. The number of hydrogen-bond acceptors (Lipinski definition) is 6. The molecule has 1 aliphatic carbocycles. The van der Waals surface area contributed by atoms with E-state index in [1.54, 1.807) is 31.4 Å². The molecule has 1 saturated carbocycles. The van der Waals surface area contributed by atoms with E-state index in [1.165, 1.54) is 24.3 Å². The Labute approximate surface area is 206 Å². The van der Waals surface area contributed by atoms with E-state index in [9.17, 15) is 14.4 Å². The van der Waals surface area contributed by atoms with Gasteiger partial charge >= 0.3 is 0 Å². The van der Waals surface area contributed by atoms with Crippen molar-refractivity contribution in [3.63, 3.8) is 0 Å². The third-order valence-electron chi connectivity index (χ3n) is 6.20. The highest BCUT2D eigenvalue weighted by molar-refractivity contribution is 5.95. The second-order valence-electron chi connectivity index (χ2n) is 8.61. The molecule has 1 heterocycles. The number of carbonyl (C=O) groups is 3. The molecule has 1 aliphatic rings. The van der Waals surface area contributed by atoms with Crippen LogP contribution in [0.5, 0.6) is 11.5 Å². The van der Waals surface area contributed by atoms with Gasteiger partial charge in [-0.25, -0.2) is 0 Å². The van der Waals surface area contributed by atoms with Gasteiger partial charge in [-0.05, 0) is 49.1 Å². The van der Waals surface area contributed by atoms with Gasteiger partial charge in [0.25, 0.3) is 5.91 Å². The van der Waals surface area contributed by atoms with E-state index < -0.39 is 11.9 Å². The summed E-state index contributed by atoms with van der Waals surface area (Å²) >= 11 is 0. The van der Waals surface area contributed by atoms with Crippen molar-refractivity contribution in [2.24, 2.45) is 0 Å². The Morgan fingerprint density at radius 1 is 1.11 bits per heavy atom. The topological polar surface area (TPSA) is 110 Å². The molecule has 9 heteroatoms. The van der Waals surface area contributed by atoms with E-state index in [0.29, 0.717) is 30.0 Å². The first-order valence-corrected chi connectivity index (χ1v) is 12.1. The maximum atomic E-state index is 13.6. The fraction of sp³-hybridized carbons (Fsp3) is 0.500. The van der Waals surface area contributed by atoms with Gasteiger partial charge in [0.2, 0.25) is 11.8 Å². The SMILES string of the molecule is CCCCN(C(=O)CNC(=O)c1ccco1)C(C(=O)NC1CCCC1)c1ccc(OC)c(OC)c1. The Bertz CT molecular complexity index is 985. The van der Waals surface area contributed by atoms with Crippen molar-refractivity contribution in [3.05, 3.63) is 47.9 Å². The number of carbonyl (C=O) groups excluding carboxylic acids is 3. The Morgan fingerprint density at radius 2 is 1.86 bits per heavy atom. The summed E-state index contributed by atoms with van der Waals surface area (Å²) in [6, 6.07) is 7.56. The van der Waals surface area contributed by atoms with Crippen molar-refractivity contribution >= 4 is 17.7 Å². The number of nitrogens with one attached hydrogen (secondary N) is 2. The highest BCUT2D eigenvalue weighted by Crippen LogP contribution is 2.33. The minimum atomic E-state index is -0.880. The summed E-state index contributed by atoms with van der Waals surface area (Å²) in [4.78, 5) is 40.9. The number of amides is 3. The highest BCUT2D eigenvalue weighted by Gasteiger charge is 2.33. The summed E-state index contributed by atoms with van der Waals surface area (Å²) in [7, 11) is 3.07. The molecule has 0 radical (unpaired) electrons. The van der Waals surface area contributed by atoms with Crippen LogP contribution in [0.25, 0.3) is 0 Å². The molecule has 0 spiro atoms. The van der Waals surface area contributed by atoms with Crippen LogP contribution in [0.15, 0.2) is 41.0 Å². The number of nitrogens with zero attached hydrogens (tertiary/aromatic N) is 1. The predicted molar refractivity (Wildman–Crippen MR) is 130 cm³/mol. The fourth-order valence-electron chi connectivity index (χ4n) is 4.32. The standard InChI is InChI=1S/C26H35N3O6/c1-4-5-14-29(23(30)17-27-25(31)21-11-8-15-35-21)24(26(32)28-19-9-6-7-10-19)18-12-13-20(33-2)22(16-18)34-3/h8,11-13,15-16,19,24H,4-7,9-10,14,17H2,1-3H3,(H,27,31)(H,28,32). The lowest BCUT2D eigenvalue weighted by atomic mass is 10.0. The lowest BCUT2D eigenvalue weighted by Gasteiger charge is -2.32. The summed E-state index contributed by atoms with van der Waals surface area (Å²) in [5, 5.41) is 5.74. The van der Waals surface area contributed by atoms with Crippen LogP contribution in [0.2, 0.25) is 0 Å². The number of hydrogen-bond donors (Lipinski definition) is 2. The van der Waals surface area contributed by atoms with E-state index in [0.717, 1.165) is 32.1 Å². The van der Waals surface area contributed by atoms with Crippen molar-refractivity contribution < 1.29 is 28.3 Å². The lowest BCUT2D eigenvalue weighted by Crippen LogP contribution is -2.49. The molecule has 2 aromatic rings. The number of furan rings is 1. The molecule has 0 bridgehead atoms. The average Bonchev–Trinajstić information content (AvgIpc) is 3.59. The molecular weight excluding hydrogens is 450 g/mol. The second kappa shape index (κ2) is 12.8. The fourth-order valence-corrected chi connectivity index (χ4v) is 4.32. The number of benzene rings is 1. The van der Waals surface area contributed by atoms with Crippen LogP contribution >= 0.6 is 0 Å². The quantitative estimate of drug-likeness (QED) is 0.477. The molecule has 0 saturated heterocycles. The second-order valence-corrected chi connectivity index (χ2v) is 8.61. The minimum Gasteiger partial charge on any atom is -0.493 e. The molecule has 1 atom stereocenters. The minimum absolute atomic E-state index is 0.0897. The molecule has 2 N–H and O–H groups in total. The largest absolute Gasteiger partial charge is 0.493 e. The van der Waals surface area contributed by atoms with Crippen LogP contribution in [0, 0.1) is 0 Å². The molecular formula is C26H35N3O6. The van der Waals surface area contributed by atoms with E-state index in [2.05, 4.69) is 10.6 Å². The summed E-state index contributed by atoms with van der Waals surface area (Å²) in [5.41, 5.74) is 0.611. The van der Waals surface area contributed by atoms with Gasteiger partial charge in [-0.2, -0.15) is 0 Å². The first kappa shape index (κ1) is 26.1. The van der Waals surface area contributed by atoms with Gasteiger partial charge in [0, 0.05) is 12.6 Å². The zero-order valence-electron chi connectivity index (χ0n) is 20.7. The maximum Gasteiger partial charge on any atom is 0.287 e. The van der Waals surface area contributed by atoms with Gasteiger partial charge in [-0.1, -0.05) is 32.3 Å². The molecule has 3 rings (SSSR count). The Balaban J connectivity index is 1.89. The first-order chi connectivity index (χ1) is 17.0. The summed E-state index contributed by atoms with van der Waals surface area (Å²) < 4.78 is 15.9. The molecule has 1 aromatic carbocycles. The lowest BCUT2D eigenvalue weighted by molar-refractivity contribution is -0.140. The van der Waals surface area contributed by atoms with Crippen LogP contribution in [0.4, 0.5) is 0 Å².